The van der Waals surface area contributed by atoms with Gasteiger partial charge in [-0.2, -0.15) is 0 Å². The second kappa shape index (κ2) is 6.65. The fourth-order valence-electron chi connectivity index (χ4n) is 2.93. The van der Waals surface area contributed by atoms with Crippen LogP contribution in [0.25, 0.3) is 0 Å². The number of fused-ring (bicyclic) bond motifs is 1. The minimum absolute atomic E-state index is 0.0205. The van der Waals surface area contributed by atoms with Gasteiger partial charge in [-0.15, -0.1) is 0 Å². The lowest BCUT2D eigenvalue weighted by atomic mass is 9.98. The van der Waals surface area contributed by atoms with E-state index < -0.39 is 0 Å². The molecule has 0 spiro atoms. The van der Waals surface area contributed by atoms with E-state index in [0.29, 0.717) is 42.8 Å². The zero-order valence-electron chi connectivity index (χ0n) is 13.1. The molecule has 0 unspecified atom stereocenters. The molecule has 1 aliphatic rings. The molecule has 0 aliphatic carbocycles. The highest BCUT2D eigenvalue weighted by molar-refractivity contribution is 6.10. The fourth-order valence-corrected chi connectivity index (χ4v) is 2.93. The predicted octanol–water partition coefficient (Wildman–Crippen LogP) is 3.25. The van der Waals surface area contributed by atoms with Crippen LogP contribution < -0.4 is 9.64 Å². The second-order valence-electron chi connectivity index (χ2n) is 5.56. The van der Waals surface area contributed by atoms with Crippen molar-refractivity contribution in [3.05, 3.63) is 59.7 Å². The molecule has 0 atom stereocenters. The number of anilines is 1. The number of benzene rings is 2. The maximum atomic E-state index is 12.7. The number of carbonyl (C=O) groups excluding carboxylic acids is 2. The van der Waals surface area contributed by atoms with Crippen molar-refractivity contribution in [2.24, 2.45) is 0 Å². The molecule has 2 aromatic rings. The zero-order valence-corrected chi connectivity index (χ0v) is 13.1. The third kappa shape index (κ3) is 3.11. The van der Waals surface area contributed by atoms with Crippen LogP contribution >= 0.6 is 0 Å². The van der Waals surface area contributed by atoms with Crippen molar-refractivity contribution >= 4 is 17.4 Å². The van der Waals surface area contributed by atoms with E-state index in [4.69, 9.17) is 4.74 Å². The number of hydrogen-bond acceptors (Lipinski definition) is 3. The standard InChI is InChI=1S/C19H19NO3/c1-23-17-9-5-8-15-16(21)12-13-20(19(15)17)18(22)11-10-14-6-3-2-4-7-14/h2-9H,10-13H2,1H3. The van der Waals surface area contributed by atoms with Gasteiger partial charge < -0.3 is 9.64 Å². The summed E-state index contributed by atoms with van der Waals surface area (Å²) in [6.45, 7) is 0.416. The van der Waals surface area contributed by atoms with Crippen LogP contribution in [0.2, 0.25) is 0 Å². The average molecular weight is 309 g/mol. The van der Waals surface area contributed by atoms with Gasteiger partial charge in [-0.25, -0.2) is 0 Å². The van der Waals surface area contributed by atoms with E-state index in [2.05, 4.69) is 0 Å². The monoisotopic (exact) mass is 309 g/mol. The molecule has 4 heteroatoms. The molecule has 1 aliphatic heterocycles. The van der Waals surface area contributed by atoms with Crippen LogP contribution in [-0.4, -0.2) is 25.3 Å². The van der Waals surface area contributed by atoms with Crippen molar-refractivity contribution < 1.29 is 14.3 Å². The quantitative estimate of drug-likeness (QED) is 0.871. The van der Waals surface area contributed by atoms with Gasteiger partial charge >= 0.3 is 0 Å². The van der Waals surface area contributed by atoms with Crippen molar-refractivity contribution in [3.8, 4) is 5.75 Å². The van der Waals surface area contributed by atoms with Crippen LogP contribution in [0.1, 0.15) is 28.8 Å². The van der Waals surface area contributed by atoms with E-state index in [1.165, 1.54) is 0 Å². The van der Waals surface area contributed by atoms with Crippen molar-refractivity contribution in [3.63, 3.8) is 0 Å². The molecule has 1 heterocycles. The predicted molar refractivity (Wildman–Crippen MR) is 89.1 cm³/mol. The lowest BCUT2D eigenvalue weighted by Crippen LogP contribution is -2.37. The first-order chi connectivity index (χ1) is 11.2. The summed E-state index contributed by atoms with van der Waals surface area (Å²) in [5, 5.41) is 0. The summed E-state index contributed by atoms with van der Waals surface area (Å²) in [6, 6.07) is 15.3. The number of nitrogens with zero attached hydrogens (tertiary/aromatic N) is 1. The molecule has 118 valence electrons. The SMILES string of the molecule is COc1cccc2c1N(C(=O)CCc1ccccc1)CCC2=O. The van der Waals surface area contributed by atoms with Gasteiger partial charge in [-0.05, 0) is 24.1 Å². The molecule has 3 rings (SSSR count). The van der Waals surface area contributed by atoms with Gasteiger partial charge in [0.05, 0.1) is 12.8 Å². The Labute approximate surface area is 135 Å². The van der Waals surface area contributed by atoms with E-state index in [1.807, 2.05) is 30.3 Å². The Morgan fingerprint density at radius 2 is 1.91 bits per heavy atom. The topological polar surface area (TPSA) is 46.6 Å². The van der Waals surface area contributed by atoms with Crippen molar-refractivity contribution in [1.29, 1.82) is 0 Å². The van der Waals surface area contributed by atoms with Gasteiger partial charge in [0, 0.05) is 24.9 Å². The Balaban J connectivity index is 1.82. The number of aryl methyl sites for hydroxylation is 1. The number of ether oxygens (including phenoxy) is 1. The van der Waals surface area contributed by atoms with Gasteiger partial charge in [-0.1, -0.05) is 36.4 Å². The molecule has 1 amide bonds. The normalized spacial score (nSPS) is 13.6. The first-order valence-electron chi connectivity index (χ1n) is 7.75. The Morgan fingerprint density at radius 3 is 2.65 bits per heavy atom. The number of para-hydroxylation sites is 1. The van der Waals surface area contributed by atoms with E-state index >= 15 is 0 Å². The summed E-state index contributed by atoms with van der Waals surface area (Å²) >= 11 is 0. The number of Topliss-reactive ketones (excluding diaryl/α,β-unsaturated/α-hetero) is 1. The summed E-state index contributed by atoms with van der Waals surface area (Å²) in [5.41, 5.74) is 2.32. The molecule has 0 fully saturated rings. The fraction of sp³-hybridized carbons (Fsp3) is 0.263. The largest absolute Gasteiger partial charge is 0.495 e. The van der Waals surface area contributed by atoms with Crippen molar-refractivity contribution in [1.82, 2.24) is 0 Å². The minimum Gasteiger partial charge on any atom is -0.495 e. The number of hydrogen-bond donors (Lipinski definition) is 0. The number of carbonyl (C=O) groups is 2. The summed E-state index contributed by atoms with van der Waals surface area (Å²) in [6.07, 6.45) is 1.46. The maximum Gasteiger partial charge on any atom is 0.227 e. The molecule has 4 nitrogen and oxygen atoms in total. The van der Waals surface area contributed by atoms with Gasteiger partial charge in [0.25, 0.3) is 0 Å². The van der Waals surface area contributed by atoms with Gasteiger partial charge in [0.1, 0.15) is 5.75 Å². The zero-order chi connectivity index (χ0) is 16.2. The van der Waals surface area contributed by atoms with E-state index in [-0.39, 0.29) is 11.7 Å². The number of ketones is 1. The lowest BCUT2D eigenvalue weighted by molar-refractivity contribution is -0.118. The first kappa shape index (κ1) is 15.3. The van der Waals surface area contributed by atoms with Crippen molar-refractivity contribution in [2.45, 2.75) is 19.3 Å². The summed E-state index contributed by atoms with van der Waals surface area (Å²) in [7, 11) is 1.56. The summed E-state index contributed by atoms with van der Waals surface area (Å²) < 4.78 is 5.36. The Morgan fingerprint density at radius 1 is 1.13 bits per heavy atom. The van der Waals surface area contributed by atoms with Gasteiger partial charge in [-0.3, -0.25) is 9.59 Å². The molecule has 0 radical (unpaired) electrons. The van der Waals surface area contributed by atoms with E-state index in [9.17, 15) is 9.59 Å². The van der Waals surface area contributed by atoms with Gasteiger partial charge in [0.2, 0.25) is 5.91 Å². The van der Waals surface area contributed by atoms with Crippen LogP contribution in [0.3, 0.4) is 0 Å². The Hall–Kier alpha value is -2.62. The smallest absolute Gasteiger partial charge is 0.227 e. The Kier molecular flexibility index (Phi) is 4.42. The first-order valence-corrected chi connectivity index (χ1v) is 7.75. The number of amides is 1. The molecular weight excluding hydrogens is 290 g/mol. The highest BCUT2D eigenvalue weighted by atomic mass is 16.5. The average Bonchev–Trinajstić information content (AvgIpc) is 2.60. The number of methoxy groups -OCH3 is 1. The molecule has 2 aromatic carbocycles. The highest BCUT2D eigenvalue weighted by Gasteiger charge is 2.29. The van der Waals surface area contributed by atoms with Gasteiger partial charge in [0.15, 0.2) is 5.78 Å². The lowest BCUT2D eigenvalue weighted by Gasteiger charge is -2.30. The summed E-state index contributed by atoms with van der Waals surface area (Å²) in [4.78, 5) is 26.5. The number of rotatable bonds is 4. The van der Waals surface area contributed by atoms with E-state index in [0.717, 1.165) is 5.56 Å². The summed E-state index contributed by atoms with van der Waals surface area (Å²) in [5.74, 6) is 0.654. The van der Waals surface area contributed by atoms with E-state index in [1.54, 1.807) is 30.2 Å². The molecule has 0 bridgehead atoms. The second-order valence-corrected chi connectivity index (χ2v) is 5.56. The highest BCUT2D eigenvalue weighted by Crippen LogP contribution is 2.36. The third-order valence-corrected chi connectivity index (χ3v) is 4.12. The molecular formula is C19H19NO3. The maximum absolute atomic E-state index is 12.7. The van der Waals surface area contributed by atoms with Crippen LogP contribution in [-0.2, 0) is 11.2 Å². The van der Waals surface area contributed by atoms with Crippen LogP contribution in [0.5, 0.6) is 5.75 Å². The molecule has 0 aromatic heterocycles. The molecule has 0 saturated heterocycles. The van der Waals surface area contributed by atoms with Crippen LogP contribution in [0.4, 0.5) is 5.69 Å². The third-order valence-electron chi connectivity index (χ3n) is 4.12. The Bertz CT molecular complexity index is 725. The van der Waals surface area contributed by atoms with Crippen LogP contribution in [0, 0.1) is 0 Å². The molecule has 23 heavy (non-hydrogen) atoms. The molecule has 0 saturated carbocycles. The molecule has 0 N–H and O–H groups in total. The minimum atomic E-state index is 0.0205. The van der Waals surface area contributed by atoms with Crippen LogP contribution in [0.15, 0.2) is 48.5 Å². The van der Waals surface area contributed by atoms with Crippen molar-refractivity contribution in [2.75, 3.05) is 18.6 Å².